The first kappa shape index (κ1) is 50.2. The maximum Gasteiger partial charge on any atom is 0.143 e. The molecule has 16 aromatic rings. The predicted molar refractivity (Wildman–Crippen MR) is 356 cm³/mol. The number of nitrogens with zero attached hydrogens (tertiary/aromatic N) is 4. The number of pyridine rings is 2. The van der Waals surface area contributed by atoms with Crippen molar-refractivity contribution in [2.75, 3.05) is 9.80 Å². The molecule has 0 atom stereocenters. The topological polar surface area (TPSA) is 58.5 Å². The Morgan fingerprint density at radius 1 is 0.233 bits per heavy atom. The van der Waals surface area contributed by atoms with Crippen molar-refractivity contribution in [2.24, 2.45) is 0 Å². The number of furan rings is 2. The molecule has 404 valence electrons. The largest absolute Gasteiger partial charge is 0.455 e. The van der Waals surface area contributed by atoms with Crippen molar-refractivity contribution >= 4 is 88.4 Å². The van der Waals surface area contributed by atoms with E-state index in [1.54, 1.807) is 0 Å². The summed E-state index contributed by atoms with van der Waals surface area (Å²) in [5.41, 5.74) is 18.3. The zero-order chi connectivity index (χ0) is 56.9. The minimum atomic E-state index is 0.797. The highest BCUT2D eigenvalue weighted by molar-refractivity contribution is 6.25. The number of fused-ring (bicyclic) bond motifs is 7. The second kappa shape index (κ2) is 21.3. The Morgan fingerprint density at radius 3 is 0.942 bits per heavy atom. The molecule has 0 unspecified atom stereocenters. The predicted octanol–water partition coefficient (Wildman–Crippen LogP) is 22.4. The average molecular weight is 1100 g/mol. The van der Waals surface area contributed by atoms with Gasteiger partial charge in [-0.3, -0.25) is 9.97 Å². The normalized spacial score (nSPS) is 11.5. The molecule has 4 aromatic heterocycles. The summed E-state index contributed by atoms with van der Waals surface area (Å²) in [5.74, 6) is 1.68. The van der Waals surface area contributed by atoms with Crippen LogP contribution >= 0.6 is 0 Å². The third-order valence-electron chi connectivity index (χ3n) is 16.6. The molecule has 0 N–H and O–H groups in total. The monoisotopic (exact) mass is 1100 g/mol. The molecule has 0 bridgehead atoms. The number of aromatic nitrogens is 2. The van der Waals surface area contributed by atoms with E-state index in [4.69, 9.17) is 8.83 Å². The number of hydrogen-bond donors (Lipinski definition) is 0. The summed E-state index contributed by atoms with van der Waals surface area (Å²) < 4.78 is 14.1. The van der Waals surface area contributed by atoms with Crippen LogP contribution in [0, 0.1) is 0 Å². The molecular formula is C80H52N4O2. The van der Waals surface area contributed by atoms with Crippen LogP contribution < -0.4 is 9.80 Å². The first-order chi connectivity index (χ1) is 42.7. The molecule has 12 aromatic carbocycles. The van der Waals surface area contributed by atoms with E-state index >= 15 is 0 Å². The zero-order valence-electron chi connectivity index (χ0n) is 46.6. The van der Waals surface area contributed by atoms with Crippen LogP contribution in [0.2, 0.25) is 0 Å². The van der Waals surface area contributed by atoms with E-state index in [0.29, 0.717) is 0 Å². The molecule has 0 aliphatic heterocycles. The van der Waals surface area contributed by atoms with Crippen LogP contribution in [0.5, 0.6) is 0 Å². The first-order valence-corrected chi connectivity index (χ1v) is 29.0. The van der Waals surface area contributed by atoms with Gasteiger partial charge in [0.1, 0.15) is 22.7 Å². The molecular weight excluding hydrogens is 1050 g/mol. The van der Waals surface area contributed by atoms with Gasteiger partial charge in [0.2, 0.25) is 0 Å². The summed E-state index contributed by atoms with van der Waals surface area (Å²) in [6, 6.07) is 104. The summed E-state index contributed by atoms with van der Waals surface area (Å²) in [7, 11) is 0. The highest BCUT2D eigenvalue weighted by Crippen LogP contribution is 2.51. The molecule has 6 heteroatoms. The molecule has 0 amide bonds. The average Bonchev–Trinajstić information content (AvgIpc) is 1.29. The van der Waals surface area contributed by atoms with Crippen molar-refractivity contribution in [1.82, 2.24) is 9.97 Å². The lowest BCUT2D eigenvalue weighted by Gasteiger charge is -2.30. The van der Waals surface area contributed by atoms with E-state index < -0.39 is 0 Å². The van der Waals surface area contributed by atoms with Crippen LogP contribution in [0.1, 0.15) is 0 Å². The SMILES string of the molecule is c1ccc(-c2oc3cc(N(c4ccc(-c5cccnc5)cc4)c4cc5c6ccccc6c(N(c6ccc(-c7cccnc7)cc6)c6ccc7c(-c8ccccc8)c(-c8ccccc8)oc7c6)cc5c5ccccc45)ccc3c2-c2ccccc2)cc1. The molecule has 0 fully saturated rings. The lowest BCUT2D eigenvalue weighted by molar-refractivity contribution is 0.632. The van der Waals surface area contributed by atoms with E-state index in [1.165, 1.54) is 0 Å². The smallest absolute Gasteiger partial charge is 0.143 e. The molecule has 6 nitrogen and oxygen atoms in total. The molecule has 0 spiro atoms. The Morgan fingerprint density at radius 2 is 0.570 bits per heavy atom. The number of rotatable bonds is 12. The fraction of sp³-hybridized carbons (Fsp3) is 0. The standard InChI is InChI=1S/C80H52N4O2/c1-5-19-55(20-6-1)77-69-43-41-63(47-75(69)85-79(77)57-23-9-3-10-24-57)83(61-37-33-53(34-38-61)59-27-17-45-81-51-59)73-49-71-66-30-14-16-32-68(66)74(50-72(71)65-29-13-15-31-67(65)73)84(62-39-35-54(36-40-62)60-28-18-46-82-52-60)64-42-44-70-76(48-64)86-80(58-25-11-4-12-26-58)78(70)56-21-7-2-8-22-56/h1-52H. The van der Waals surface area contributed by atoms with E-state index in [0.717, 1.165) is 156 Å². The van der Waals surface area contributed by atoms with Gasteiger partial charge in [0.05, 0.1) is 11.4 Å². The van der Waals surface area contributed by atoms with Crippen LogP contribution in [0.3, 0.4) is 0 Å². The molecule has 0 radical (unpaired) electrons. The van der Waals surface area contributed by atoms with Crippen LogP contribution in [-0.4, -0.2) is 9.97 Å². The van der Waals surface area contributed by atoms with E-state index in [2.05, 4.69) is 287 Å². The molecule has 4 heterocycles. The molecule has 0 saturated heterocycles. The van der Waals surface area contributed by atoms with Crippen molar-refractivity contribution in [1.29, 1.82) is 0 Å². The Kier molecular flexibility index (Phi) is 12.4. The maximum absolute atomic E-state index is 7.06. The van der Waals surface area contributed by atoms with Gasteiger partial charge in [-0.25, -0.2) is 0 Å². The minimum Gasteiger partial charge on any atom is -0.455 e. The zero-order valence-corrected chi connectivity index (χ0v) is 46.6. The van der Waals surface area contributed by atoms with Crippen molar-refractivity contribution in [3.8, 4) is 67.2 Å². The summed E-state index contributed by atoms with van der Waals surface area (Å²) in [5, 5.41) is 8.77. The summed E-state index contributed by atoms with van der Waals surface area (Å²) in [4.78, 5) is 13.7. The molecule has 0 aliphatic rings. The van der Waals surface area contributed by atoms with Crippen LogP contribution in [0.4, 0.5) is 34.1 Å². The van der Waals surface area contributed by atoms with Gasteiger partial charge in [-0.2, -0.15) is 0 Å². The fourth-order valence-corrected chi connectivity index (χ4v) is 12.6. The Hall–Kier alpha value is -11.6. The second-order valence-corrected chi connectivity index (χ2v) is 21.7. The van der Waals surface area contributed by atoms with Crippen LogP contribution in [0.15, 0.2) is 325 Å². The van der Waals surface area contributed by atoms with Gasteiger partial charge in [0.15, 0.2) is 0 Å². The van der Waals surface area contributed by atoms with Gasteiger partial charge < -0.3 is 18.6 Å². The Labute approximate surface area is 497 Å². The Bertz CT molecular complexity index is 4800. The minimum absolute atomic E-state index is 0.797. The summed E-state index contributed by atoms with van der Waals surface area (Å²) in [6.45, 7) is 0. The highest BCUT2D eigenvalue weighted by atomic mass is 16.3. The summed E-state index contributed by atoms with van der Waals surface area (Å²) in [6.07, 6.45) is 7.46. The van der Waals surface area contributed by atoms with Gasteiger partial charge in [0.25, 0.3) is 0 Å². The fourth-order valence-electron chi connectivity index (χ4n) is 12.6. The lowest BCUT2D eigenvalue weighted by atomic mass is 9.93. The molecule has 86 heavy (non-hydrogen) atoms. The molecule has 0 saturated carbocycles. The second-order valence-electron chi connectivity index (χ2n) is 21.7. The van der Waals surface area contributed by atoms with Gasteiger partial charge in [0, 0.05) is 103 Å². The van der Waals surface area contributed by atoms with Gasteiger partial charge in [-0.15, -0.1) is 0 Å². The van der Waals surface area contributed by atoms with Crippen molar-refractivity contribution in [3.05, 3.63) is 316 Å². The van der Waals surface area contributed by atoms with Gasteiger partial charge in [-0.1, -0.05) is 206 Å². The summed E-state index contributed by atoms with van der Waals surface area (Å²) >= 11 is 0. The van der Waals surface area contributed by atoms with Gasteiger partial charge in [-0.05, 0) is 128 Å². The van der Waals surface area contributed by atoms with E-state index in [-0.39, 0.29) is 0 Å². The van der Waals surface area contributed by atoms with Crippen LogP contribution in [-0.2, 0) is 0 Å². The van der Waals surface area contributed by atoms with Crippen molar-refractivity contribution in [2.45, 2.75) is 0 Å². The lowest BCUT2D eigenvalue weighted by Crippen LogP contribution is -2.12. The van der Waals surface area contributed by atoms with Crippen LogP contribution in [0.25, 0.3) is 121 Å². The third-order valence-corrected chi connectivity index (χ3v) is 16.6. The quantitative estimate of drug-likeness (QED) is 0.114. The molecule has 0 aliphatic carbocycles. The maximum atomic E-state index is 7.06. The Balaban J connectivity index is 0.921. The third kappa shape index (κ3) is 8.83. The van der Waals surface area contributed by atoms with Crippen molar-refractivity contribution < 1.29 is 8.83 Å². The van der Waals surface area contributed by atoms with E-state index in [1.807, 2.05) is 49.1 Å². The number of benzene rings is 12. The van der Waals surface area contributed by atoms with Gasteiger partial charge >= 0.3 is 0 Å². The number of hydrogen-bond acceptors (Lipinski definition) is 6. The van der Waals surface area contributed by atoms with E-state index in [9.17, 15) is 0 Å². The number of anilines is 6. The first-order valence-electron chi connectivity index (χ1n) is 29.0. The van der Waals surface area contributed by atoms with Crippen molar-refractivity contribution in [3.63, 3.8) is 0 Å². The molecule has 16 rings (SSSR count). The highest BCUT2D eigenvalue weighted by Gasteiger charge is 2.26.